The molecule has 3 heterocycles. The number of carbonyl (C=O) groups is 2. The van der Waals surface area contributed by atoms with Gasteiger partial charge in [0.2, 0.25) is 0 Å². The molecule has 0 aromatic rings. The van der Waals surface area contributed by atoms with Crippen LogP contribution in [0.3, 0.4) is 0 Å². The van der Waals surface area contributed by atoms with E-state index in [1.807, 2.05) is 0 Å². The number of rotatable bonds is 3. The van der Waals surface area contributed by atoms with Crippen LogP contribution in [-0.2, 0) is 28.5 Å². The lowest BCUT2D eigenvalue weighted by Crippen LogP contribution is -2.42. The van der Waals surface area contributed by atoms with Gasteiger partial charge in [0.15, 0.2) is 11.9 Å². The Hall–Kier alpha value is -1.50. The van der Waals surface area contributed by atoms with Crippen molar-refractivity contribution in [3.8, 4) is 0 Å². The lowest BCUT2D eigenvalue weighted by Gasteiger charge is -2.28. The molecule has 0 spiro atoms. The van der Waals surface area contributed by atoms with Crippen molar-refractivity contribution in [2.75, 3.05) is 20.3 Å². The first-order chi connectivity index (χ1) is 8.73. The van der Waals surface area contributed by atoms with Gasteiger partial charge >= 0.3 is 5.97 Å². The van der Waals surface area contributed by atoms with Crippen molar-refractivity contribution in [2.24, 2.45) is 0 Å². The van der Waals surface area contributed by atoms with Gasteiger partial charge in [-0.3, -0.25) is 4.79 Å². The molecule has 1 fully saturated rings. The van der Waals surface area contributed by atoms with Crippen molar-refractivity contribution in [2.45, 2.75) is 18.0 Å². The fraction of sp³-hybridized carbons (Fsp3) is 0.500. The minimum Gasteiger partial charge on any atom is -0.466 e. The van der Waals surface area contributed by atoms with Crippen LogP contribution in [0.5, 0.6) is 0 Å². The van der Waals surface area contributed by atoms with Crippen molar-refractivity contribution in [3.05, 3.63) is 23.3 Å². The fourth-order valence-electron chi connectivity index (χ4n) is 2.55. The summed E-state index contributed by atoms with van der Waals surface area (Å²) in [5, 5.41) is 0. The van der Waals surface area contributed by atoms with E-state index in [1.165, 1.54) is 7.11 Å². The molecule has 6 heteroatoms. The molecule has 2 bridgehead atoms. The summed E-state index contributed by atoms with van der Waals surface area (Å²) in [6, 6.07) is 0. The molecular formula is C12H12O6. The van der Waals surface area contributed by atoms with Crippen molar-refractivity contribution in [1.82, 2.24) is 0 Å². The van der Waals surface area contributed by atoms with Gasteiger partial charge < -0.3 is 18.9 Å². The molecule has 0 radical (unpaired) electrons. The molecule has 18 heavy (non-hydrogen) atoms. The first kappa shape index (κ1) is 11.6. The highest BCUT2D eigenvalue weighted by Gasteiger charge is 2.57. The topological polar surface area (TPSA) is 71.1 Å². The summed E-state index contributed by atoms with van der Waals surface area (Å²) >= 11 is 0. The summed E-state index contributed by atoms with van der Waals surface area (Å²) in [5.41, 5.74) is -0.644. The van der Waals surface area contributed by atoms with Crippen LogP contribution >= 0.6 is 0 Å². The van der Waals surface area contributed by atoms with Gasteiger partial charge in [-0.1, -0.05) is 6.08 Å². The molecule has 0 amide bonds. The van der Waals surface area contributed by atoms with Gasteiger partial charge in [-0.05, 0) is 6.08 Å². The molecule has 6 nitrogen and oxygen atoms in total. The Morgan fingerprint density at radius 2 is 2.22 bits per heavy atom. The predicted molar refractivity (Wildman–Crippen MR) is 57.5 cm³/mol. The number of hydrogen-bond donors (Lipinski definition) is 0. The molecule has 2 unspecified atom stereocenters. The standard InChI is InChI=1S/C12H12O6/c1-15-10(14)9-7(6-13)12(3-2-8(9)18-12)11-16-4-5-17-11/h2-3,6,8,11H,4-5H2,1H3. The van der Waals surface area contributed by atoms with E-state index in [4.69, 9.17) is 14.2 Å². The highest BCUT2D eigenvalue weighted by atomic mass is 16.7. The molecule has 0 aliphatic carbocycles. The van der Waals surface area contributed by atoms with Gasteiger partial charge in [-0.25, -0.2) is 4.79 Å². The van der Waals surface area contributed by atoms with E-state index in [2.05, 4.69) is 4.74 Å². The van der Waals surface area contributed by atoms with Gasteiger partial charge in [0, 0.05) is 5.57 Å². The van der Waals surface area contributed by atoms with E-state index in [0.29, 0.717) is 19.5 Å². The average molecular weight is 252 g/mol. The Morgan fingerprint density at radius 3 is 2.83 bits per heavy atom. The number of ether oxygens (including phenoxy) is 4. The summed E-state index contributed by atoms with van der Waals surface area (Å²) in [6.45, 7) is 0.877. The van der Waals surface area contributed by atoms with E-state index in [0.717, 1.165) is 0 Å². The van der Waals surface area contributed by atoms with E-state index in [1.54, 1.807) is 12.2 Å². The van der Waals surface area contributed by atoms with Crippen molar-refractivity contribution >= 4 is 12.3 Å². The van der Waals surface area contributed by atoms with Crippen molar-refractivity contribution < 1.29 is 28.5 Å². The number of hydrogen-bond acceptors (Lipinski definition) is 6. The summed E-state index contributed by atoms with van der Waals surface area (Å²) in [6.07, 6.45) is 2.78. The van der Waals surface area contributed by atoms with Crippen LogP contribution in [0, 0.1) is 0 Å². The molecule has 2 atom stereocenters. The van der Waals surface area contributed by atoms with E-state index < -0.39 is 24.0 Å². The Labute approximate surface area is 103 Å². The molecule has 0 aromatic heterocycles. The zero-order chi connectivity index (χ0) is 12.8. The Morgan fingerprint density at radius 1 is 1.50 bits per heavy atom. The summed E-state index contributed by atoms with van der Waals surface area (Å²) in [4.78, 5) is 23.0. The third-order valence-corrected chi connectivity index (χ3v) is 3.33. The van der Waals surface area contributed by atoms with Crippen LogP contribution < -0.4 is 0 Å². The summed E-state index contributed by atoms with van der Waals surface area (Å²) < 4.78 is 21.2. The zero-order valence-electron chi connectivity index (χ0n) is 9.75. The molecule has 0 saturated carbocycles. The summed E-state index contributed by atoms with van der Waals surface area (Å²) in [7, 11) is 1.27. The zero-order valence-corrected chi connectivity index (χ0v) is 9.75. The lowest BCUT2D eigenvalue weighted by molar-refractivity contribution is -0.158. The third kappa shape index (κ3) is 1.33. The normalized spacial score (nSPS) is 34.4. The van der Waals surface area contributed by atoms with Gasteiger partial charge in [0.1, 0.15) is 12.4 Å². The number of carbonyl (C=O) groups excluding carboxylic acids is 2. The van der Waals surface area contributed by atoms with Gasteiger partial charge in [0.05, 0.1) is 25.9 Å². The molecule has 3 rings (SSSR count). The van der Waals surface area contributed by atoms with E-state index >= 15 is 0 Å². The number of methoxy groups -OCH3 is 1. The average Bonchev–Trinajstić information content (AvgIpc) is 3.09. The van der Waals surface area contributed by atoms with Crippen LogP contribution in [-0.4, -0.2) is 50.6 Å². The van der Waals surface area contributed by atoms with E-state index in [9.17, 15) is 9.59 Å². The second-order valence-electron chi connectivity index (χ2n) is 4.20. The Balaban J connectivity index is 2.05. The third-order valence-electron chi connectivity index (χ3n) is 3.33. The largest absolute Gasteiger partial charge is 0.466 e. The minimum absolute atomic E-state index is 0.230. The maximum Gasteiger partial charge on any atom is 0.337 e. The van der Waals surface area contributed by atoms with Crippen molar-refractivity contribution in [1.29, 1.82) is 0 Å². The van der Waals surface area contributed by atoms with Crippen LogP contribution in [0.4, 0.5) is 0 Å². The Bertz CT molecular complexity index is 459. The SMILES string of the molecule is COC(=O)C1=C(C=O)C2(C3OCCO3)C=CC1O2. The molecule has 0 N–H and O–H groups in total. The highest BCUT2D eigenvalue weighted by Crippen LogP contribution is 2.46. The monoisotopic (exact) mass is 252 g/mol. The molecule has 3 aliphatic heterocycles. The van der Waals surface area contributed by atoms with Crippen LogP contribution in [0.15, 0.2) is 23.3 Å². The maximum atomic E-state index is 11.7. The van der Waals surface area contributed by atoms with E-state index in [-0.39, 0.29) is 11.1 Å². The van der Waals surface area contributed by atoms with Gasteiger partial charge in [0.25, 0.3) is 0 Å². The molecule has 1 saturated heterocycles. The fourth-order valence-corrected chi connectivity index (χ4v) is 2.55. The van der Waals surface area contributed by atoms with Gasteiger partial charge in [-0.15, -0.1) is 0 Å². The van der Waals surface area contributed by atoms with Crippen LogP contribution in [0.1, 0.15) is 0 Å². The lowest BCUT2D eigenvalue weighted by atomic mass is 9.87. The second kappa shape index (κ2) is 4.01. The molecule has 0 aromatic carbocycles. The first-order valence-corrected chi connectivity index (χ1v) is 5.61. The Kier molecular flexibility index (Phi) is 2.58. The number of esters is 1. The van der Waals surface area contributed by atoms with Crippen molar-refractivity contribution in [3.63, 3.8) is 0 Å². The number of aldehydes is 1. The predicted octanol–water partition coefficient (Wildman–Crippen LogP) is -0.265. The minimum atomic E-state index is -1.10. The second-order valence-corrected chi connectivity index (χ2v) is 4.20. The van der Waals surface area contributed by atoms with Crippen LogP contribution in [0.2, 0.25) is 0 Å². The van der Waals surface area contributed by atoms with Gasteiger partial charge in [-0.2, -0.15) is 0 Å². The quantitative estimate of drug-likeness (QED) is 0.391. The summed E-state index contributed by atoms with van der Waals surface area (Å²) in [5.74, 6) is -0.564. The maximum absolute atomic E-state index is 11.7. The van der Waals surface area contributed by atoms with Crippen LogP contribution in [0.25, 0.3) is 0 Å². The first-order valence-electron chi connectivity index (χ1n) is 5.61. The molecular weight excluding hydrogens is 240 g/mol. The molecule has 3 aliphatic rings. The number of fused-ring (bicyclic) bond motifs is 2. The smallest absolute Gasteiger partial charge is 0.337 e. The molecule has 96 valence electrons. The highest BCUT2D eigenvalue weighted by molar-refractivity contribution is 6.00.